The van der Waals surface area contributed by atoms with E-state index in [0.29, 0.717) is 11.8 Å². The molecule has 1 atom stereocenters. The summed E-state index contributed by atoms with van der Waals surface area (Å²) in [7, 11) is -4.41. The highest BCUT2D eigenvalue weighted by Crippen LogP contribution is 2.36. The monoisotopic (exact) mass is 436 g/mol. The van der Waals surface area contributed by atoms with Crippen LogP contribution in [0.3, 0.4) is 0 Å². The smallest absolute Gasteiger partial charge is 0.417 e. The van der Waals surface area contributed by atoms with Crippen LogP contribution < -0.4 is 4.72 Å². The minimum absolute atomic E-state index is 0.101. The van der Waals surface area contributed by atoms with Gasteiger partial charge in [-0.3, -0.25) is 4.90 Å². The minimum atomic E-state index is -4.84. The topological polar surface area (TPSA) is 62.6 Å². The van der Waals surface area contributed by atoms with Crippen LogP contribution in [0, 0.1) is 0 Å². The van der Waals surface area contributed by atoms with Crippen LogP contribution in [0.15, 0.2) is 45.9 Å². The Hall–Kier alpha value is -1.55. The number of rotatable bonds is 6. The lowest BCUT2D eigenvalue weighted by atomic mass is 10.1. The fourth-order valence-electron chi connectivity index (χ4n) is 3.35. The lowest BCUT2D eigenvalue weighted by Crippen LogP contribution is -2.40. The van der Waals surface area contributed by atoms with Gasteiger partial charge in [0.15, 0.2) is 0 Å². The first kappa shape index (κ1) is 21.2. The first-order valence-corrected chi connectivity index (χ1v) is 10.7. The van der Waals surface area contributed by atoms with Crippen LogP contribution in [0.1, 0.15) is 36.6 Å². The van der Waals surface area contributed by atoms with Crippen LogP contribution in [-0.4, -0.2) is 33.0 Å². The standard InChI is InChI=1S/C18H20ClF3N2O3S/c19-13-6-7-17(14(11-13)18(20,21)22)28(25,26)23-12-15(16-5-4-10-27-16)24-8-2-1-3-9-24/h4-7,10-11,15,23H,1-3,8-9,12H2. The molecule has 2 heterocycles. The summed E-state index contributed by atoms with van der Waals surface area (Å²) in [5, 5.41) is -0.187. The van der Waals surface area contributed by atoms with Crippen LogP contribution in [-0.2, 0) is 16.2 Å². The average Bonchev–Trinajstić information content (AvgIpc) is 3.16. The largest absolute Gasteiger partial charge is 0.468 e. The summed E-state index contributed by atoms with van der Waals surface area (Å²) in [4.78, 5) is 1.23. The number of alkyl halides is 3. The number of piperidine rings is 1. The Morgan fingerprint density at radius 3 is 2.50 bits per heavy atom. The molecule has 1 saturated heterocycles. The van der Waals surface area contributed by atoms with E-state index in [4.69, 9.17) is 16.0 Å². The van der Waals surface area contributed by atoms with Crippen LogP contribution in [0.5, 0.6) is 0 Å². The highest BCUT2D eigenvalue weighted by atomic mass is 35.5. The number of benzene rings is 1. The molecule has 10 heteroatoms. The molecule has 5 nitrogen and oxygen atoms in total. The number of sulfonamides is 1. The average molecular weight is 437 g/mol. The van der Waals surface area contributed by atoms with E-state index in [9.17, 15) is 21.6 Å². The molecule has 1 aromatic carbocycles. The maximum atomic E-state index is 13.3. The van der Waals surface area contributed by atoms with Gasteiger partial charge in [0.05, 0.1) is 22.8 Å². The van der Waals surface area contributed by atoms with Crippen LogP contribution >= 0.6 is 11.6 Å². The van der Waals surface area contributed by atoms with Gasteiger partial charge in [0.1, 0.15) is 5.76 Å². The van der Waals surface area contributed by atoms with E-state index < -0.39 is 32.7 Å². The van der Waals surface area contributed by atoms with E-state index in [2.05, 4.69) is 9.62 Å². The van der Waals surface area contributed by atoms with Gasteiger partial charge in [0.25, 0.3) is 0 Å². The molecule has 1 aliphatic heterocycles. The zero-order valence-electron chi connectivity index (χ0n) is 14.9. The Bertz CT molecular complexity index is 895. The van der Waals surface area contributed by atoms with Gasteiger partial charge in [-0.15, -0.1) is 0 Å². The second-order valence-corrected chi connectivity index (χ2v) is 8.79. The molecule has 1 unspecified atom stereocenters. The van der Waals surface area contributed by atoms with Gasteiger partial charge in [-0.2, -0.15) is 13.2 Å². The van der Waals surface area contributed by atoms with Crippen molar-refractivity contribution in [2.45, 2.75) is 36.4 Å². The van der Waals surface area contributed by atoms with E-state index in [-0.39, 0.29) is 11.6 Å². The molecule has 0 amide bonds. The molecule has 0 saturated carbocycles. The zero-order valence-corrected chi connectivity index (χ0v) is 16.4. The van der Waals surface area contributed by atoms with E-state index in [1.807, 2.05) is 0 Å². The number of halogens is 4. The SMILES string of the molecule is O=S(=O)(NCC(c1ccco1)N1CCCCC1)c1ccc(Cl)cc1C(F)(F)F. The molecule has 1 fully saturated rings. The highest BCUT2D eigenvalue weighted by Gasteiger charge is 2.38. The normalized spacial score (nSPS) is 17.6. The van der Waals surface area contributed by atoms with Crippen molar-refractivity contribution in [3.63, 3.8) is 0 Å². The van der Waals surface area contributed by atoms with E-state index in [0.717, 1.165) is 44.5 Å². The molecule has 0 bridgehead atoms. The molecule has 0 aliphatic carbocycles. The van der Waals surface area contributed by atoms with Crippen LogP contribution in [0.25, 0.3) is 0 Å². The molecule has 0 radical (unpaired) electrons. The summed E-state index contributed by atoms with van der Waals surface area (Å²) in [5.41, 5.74) is -1.29. The Morgan fingerprint density at radius 1 is 1.18 bits per heavy atom. The van der Waals surface area contributed by atoms with E-state index >= 15 is 0 Å². The molecule has 154 valence electrons. The lowest BCUT2D eigenvalue weighted by Gasteiger charge is -2.33. The Labute approximate surface area is 166 Å². The fourth-order valence-corrected chi connectivity index (χ4v) is 4.76. The van der Waals surface area contributed by atoms with Gasteiger partial charge in [-0.05, 0) is 56.3 Å². The number of nitrogens with one attached hydrogen (secondary N) is 1. The quantitative estimate of drug-likeness (QED) is 0.726. The van der Waals surface area contributed by atoms with Crippen molar-refractivity contribution in [3.8, 4) is 0 Å². The predicted octanol–water partition coefficient (Wildman–Crippen LogP) is 4.46. The maximum absolute atomic E-state index is 13.3. The molecule has 0 spiro atoms. The van der Waals surface area contributed by atoms with Gasteiger partial charge in [0, 0.05) is 11.6 Å². The third-order valence-corrected chi connectivity index (χ3v) is 6.42. The molecule has 2 aromatic rings. The third kappa shape index (κ3) is 4.89. The summed E-state index contributed by atoms with van der Waals surface area (Å²) in [6, 6.07) is 5.64. The van der Waals surface area contributed by atoms with Crippen molar-refractivity contribution in [2.24, 2.45) is 0 Å². The Kier molecular flexibility index (Phi) is 6.38. The summed E-state index contributed by atoms with van der Waals surface area (Å²) >= 11 is 5.64. The molecule has 1 aromatic heterocycles. The predicted molar refractivity (Wildman–Crippen MR) is 98.5 cm³/mol. The molecule has 1 aliphatic rings. The maximum Gasteiger partial charge on any atom is 0.417 e. The molecule has 3 rings (SSSR count). The summed E-state index contributed by atoms with van der Waals surface area (Å²) in [6.07, 6.45) is -0.324. The number of hydrogen-bond donors (Lipinski definition) is 1. The number of furan rings is 1. The van der Waals surface area contributed by atoms with Gasteiger partial charge in [-0.25, -0.2) is 13.1 Å². The number of hydrogen-bond acceptors (Lipinski definition) is 4. The summed E-state index contributed by atoms with van der Waals surface area (Å²) < 4.78 is 73.0. The summed E-state index contributed by atoms with van der Waals surface area (Å²) in [5.74, 6) is 0.566. The van der Waals surface area contributed by atoms with Gasteiger partial charge < -0.3 is 4.42 Å². The lowest BCUT2D eigenvalue weighted by molar-refractivity contribution is -0.139. The zero-order chi connectivity index (χ0) is 20.4. The van der Waals surface area contributed by atoms with Crippen LogP contribution in [0.4, 0.5) is 13.2 Å². The van der Waals surface area contributed by atoms with Crippen molar-refractivity contribution >= 4 is 21.6 Å². The Morgan fingerprint density at radius 2 is 1.89 bits per heavy atom. The number of likely N-dealkylation sites (tertiary alicyclic amines) is 1. The third-order valence-electron chi connectivity index (χ3n) is 4.71. The van der Waals surface area contributed by atoms with Crippen molar-refractivity contribution in [1.29, 1.82) is 0 Å². The highest BCUT2D eigenvalue weighted by molar-refractivity contribution is 7.89. The Balaban J connectivity index is 1.85. The fraction of sp³-hybridized carbons (Fsp3) is 0.444. The van der Waals surface area contributed by atoms with Gasteiger partial charge >= 0.3 is 6.18 Å². The van der Waals surface area contributed by atoms with Gasteiger partial charge in [0.2, 0.25) is 10.0 Å². The van der Waals surface area contributed by atoms with Crippen molar-refractivity contribution in [3.05, 3.63) is 52.9 Å². The minimum Gasteiger partial charge on any atom is -0.468 e. The van der Waals surface area contributed by atoms with Crippen molar-refractivity contribution < 1.29 is 26.0 Å². The molecule has 28 heavy (non-hydrogen) atoms. The first-order chi connectivity index (χ1) is 13.2. The number of nitrogens with zero attached hydrogens (tertiary/aromatic N) is 1. The van der Waals surface area contributed by atoms with Crippen molar-refractivity contribution in [2.75, 3.05) is 19.6 Å². The summed E-state index contributed by atoms with van der Waals surface area (Å²) in [6.45, 7) is 1.43. The molecular weight excluding hydrogens is 417 g/mol. The first-order valence-electron chi connectivity index (χ1n) is 8.82. The van der Waals surface area contributed by atoms with E-state index in [1.54, 1.807) is 12.1 Å². The van der Waals surface area contributed by atoms with Gasteiger partial charge in [-0.1, -0.05) is 18.0 Å². The molecular formula is C18H20ClF3N2O3S. The van der Waals surface area contributed by atoms with E-state index in [1.165, 1.54) is 6.26 Å². The second-order valence-electron chi connectivity index (χ2n) is 6.62. The van der Waals surface area contributed by atoms with Crippen molar-refractivity contribution in [1.82, 2.24) is 9.62 Å². The second kappa shape index (κ2) is 8.44. The molecule has 1 N–H and O–H groups in total. The van der Waals surface area contributed by atoms with Crippen LogP contribution in [0.2, 0.25) is 5.02 Å².